The zero-order valence-electron chi connectivity index (χ0n) is 22.2. The largest absolute Gasteiger partial charge is 0.354 e. The Bertz CT molecular complexity index is 1250. The lowest BCUT2D eigenvalue weighted by atomic mass is 10.1. The second-order valence-corrected chi connectivity index (χ2v) is 11.5. The second-order valence-electron chi connectivity index (χ2n) is 9.57. The number of non-ortho nitro benzene ring substituents is 1. The molecule has 0 unspecified atom stereocenters. The summed E-state index contributed by atoms with van der Waals surface area (Å²) in [6, 6.07) is 10.5. The molecule has 0 fully saturated rings. The summed E-state index contributed by atoms with van der Waals surface area (Å²) in [5.41, 5.74) is 1.97. The molecule has 0 spiro atoms. The topological polar surface area (TPSA) is 130 Å². The SMILES string of the molecule is CC[C@@H](C(=O)NCC(C)C)N(Cc1cccc(C)c1)C(=O)CN(c1cc([N+](=O)[O-])ccc1C)S(C)(=O)=O. The molecular formula is C26H36N4O6S. The fraction of sp³-hybridized carbons (Fsp3) is 0.462. The molecule has 0 aromatic heterocycles. The Labute approximate surface area is 218 Å². The van der Waals surface area contributed by atoms with Crippen LogP contribution in [0.15, 0.2) is 42.5 Å². The Morgan fingerprint density at radius 1 is 1.11 bits per heavy atom. The number of amides is 2. The third kappa shape index (κ3) is 8.28. The number of sulfonamides is 1. The fourth-order valence-electron chi connectivity index (χ4n) is 3.92. The molecule has 37 heavy (non-hydrogen) atoms. The third-order valence-corrected chi connectivity index (χ3v) is 6.98. The van der Waals surface area contributed by atoms with Crippen LogP contribution in [-0.4, -0.2) is 55.4 Å². The number of nitrogens with zero attached hydrogens (tertiary/aromatic N) is 3. The smallest absolute Gasteiger partial charge is 0.271 e. The zero-order valence-corrected chi connectivity index (χ0v) is 23.0. The highest BCUT2D eigenvalue weighted by Crippen LogP contribution is 2.28. The van der Waals surface area contributed by atoms with Crippen LogP contribution < -0.4 is 9.62 Å². The molecule has 11 heteroatoms. The van der Waals surface area contributed by atoms with Gasteiger partial charge in [-0.05, 0) is 37.3 Å². The number of nitro groups is 1. The quantitative estimate of drug-likeness (QED) is 0.329. The van der Waals surface area contributed by atoms with Crippen molar-refractivity contribution < 1.29 is 22.9 Å². The maximum absolute atomic E-state index is 13.7. The molecule has 2 aromatic rings. The molecule has 10 nitrogen and oxygen atoms in total. The van der Waals surface area contributed by atoms with Crippen molar-refractivity contribution in [2.75, 3.05) is 23.7 Å². The van der Waals surface area contributed by atoms with Gasteiger partial charge < -0.3 is 10.2 Å². The zero-order chi connectivity index (χ0) is 27.9. The summed E-state index contributed by atoms with van der Waals surface area (Å²) in [6.45, 7) is 9.16. The van der Waals surface area contributed by atoms with Gasteiger partial charge in [0.05, 0.1) is 16.9 Å². The van der Waals surface area contributed by atoms with Gasteiger partial charge in [-0.15, -0.1) is 0 Å². The van der Waals surface area contributed by atoms with Crippen LogP contribution in [0.2, 0.25) is 0 Å². The maximum atomic E-state index is 13.7. The number of hydrogen-bond acceptors (Lipinski definition) is 6. The summed E-state index contributed by atoms with van der Waals surface area (Å²) in [5.74, 6) is -0.709. The van der Waals surface area contributed by atoms with Gasteiger partial charge in [0.1, 0.15) is 12.6 Å². The van der Waals surface area contributed by atoms with Crippen LogP contribution in [0.3, 0.4) is 0 Å². The number of rotatable bonds is 12. The summed E-state index contributed by atoms with van der Waals surface area (Å²) in [5, 5.41) is 14.2. The average Bonchev–Trinajstić information content (AvgIpc) is 2.80. The number of carbonyl (C=O) groups excluding carboxylic acids is 2. The highest BCUT2D eigenvalue weighted by atomic mass is 32.2. The molecule has 0 radical (unpaired) electrons. The molecule has 1 atom stereocenters. The highest BCUT2D eigenvalue weighted by molar-refractivity contribution is 7.92. The van der Waals surface area contributed by atoms with Gasteiger partial charge in [0.2, 0.25) is 21.8 Å². The molecule has 0 saturated heterocycles. The van der Waals surface area contributed by atoms with E-state index in [1.54, 1.807) is 13.8 Å². The highest BCUT2D eigenvalue weighted by Gasteiger charge is 2.32. The molecule has 2 aromatic carbocycles. The van der Waals surface area contributed by atoms with Gasteiger partial charge in [-0.3, -0.25) is 24.0 Å². The van der Waals surface area contributed by atoms with E-state index >= 15 is 0 Å². The van der Waals surface area contributed by atoms with Crippen molar-refractivity contribution in [1.82, 2.24) is 10.2 Å². The van der Waals surface area contributed by atoms with Gasteiger partial charge in [0.15, 0.2) is 0 Å². The third-order valence-electron chi connectivity index (χ3n) is 5.86. The van der Waals surface area contributed by atoms with E-state index in [2.05, 4.69) is 5.32 Å². The molecule has 2 rings (SSSR count). The van der Waals surface area contributed by atoms with Crippen LogP contribution in [0, 0.1) is 29.9 Å². The number of aryl methyl sites for hydroxylation is 2. The molecular weight excluding hydrogens is 496 g/mol. The molecule has 0 aliphatic rings. The summed E-state index contributed by atoms with van der Waals surface area (Å²) in [7, 11) is -4.00. The molecule has 0 bridgehead atoms. The van der Waals surface area contributed by atoms with E-state index in [-0.39, 0.29) is 29.7 Å². The summed E-state index contributed by atoms with van der Waals surface area (Å²) in [4.78, 5) is 38.9. The molecule has 0 heterocycles. The lowest BCUT2D eigenvalue weighted by Gasteiger charge is -2.33. The number of hydrogen-bond donors (Lipinski definition) is 1. The Morgan fingerprint density at radius 3 is 2.32 bits per heavy atom. The van der Waals surface area contributed by atoms with Gasteiger partial charge in [-0.2, -0.15) is 0 Å². The Hall–Kier alpha value is -3.47. The lowest BCUT2D eigenvalue weighted by Crippen LogP contribution is -2.52. The van der Waals surface area contributed by atoms with Gasteiger partial charge in [0, 0.05) is 25.2 Å². The molecule has 0 aliphatic carbocycles. The lowest BCUT2D eigenvalue weighted by molar-refractivity contribution is -0.384. The van der Waals surface area contributed by atoms with E-state index in [1.165, 1.54) is 17.0 Å². The Morgan fingerprint density at radius 2 is 1.78 bits per heavy atom. The summed E-state index contributed by atoms with van der Waals surface area (Å²) < 4.78 is 26.4. The monoisotopic (exact) mass is 532 g/mol. The van der Waals surface area contributed by atoms with Gasteiger partial charge in [-0.25, -0.2) is 8.42 Å². The average molecular weight is 533 g/mol. The molecule has 0 aliphatic heterocycles. The van der Waals surface area contributed by atoms with E-state index < -0.39 is 33.4 Å². The Kier molecular flexibility index (Phi) is 10.2. The minimum Gasteiger partial charge on any atom is -0.354 e. The summed E-state index contributed by atoms with van der Waals surface area (Å²) >= 11 is 0. The first-order valence-corrected chi connectivity index (χ1v) is 13.9. The summed E-state index contributed by atoms with van der Waals surface area (Å²) in [6.07, 6.45) is 1.26. The number of nitrogens with one attached hydrogen (secondary N) is 1. The first-order valence-electron chi connectivity index (χ1n) is 12.1. The van der Waals surface area contributed by atoms with Crippen LogP contribution in [0.4, 0.5) is 11.4 Å². The van der Waals surface area contributed by atoms with E-state index in [1.807, 2.05) is 45.0 Å². The van der Waals surface area contributed by atoms with Crippen molar-refractivity contribution in [2.45, 2.75) is 53.6 Å². The minimum absolute atomic E-state index is 0.0397. The van der Waals surface area contributed by atoms with Crippen molar-refractivity contribution in [2.24, 2.45) is 5.92 Å². The predicted octanol–water partition coefficient (Wildman–Crippen LogP) is 3.56. The molecule has 0 saturated carbocycles. The maximum Gasteiger partial charge on any atom is 0.271 e. The first-order chi connectivity index (χ1) is 17.2. The van der Waals surface area contributed by atoms with Crippen molar-refractivity contribution in [3.8, 4) is 0 Å². The minimum atomic E-state index is -4.00. The van der Waals surface area contributed by atoms with Gasteiger partial charge in [0.25, 0.3) is 5.69 Å². The van der Waals surface area contributed by atoms with Crippen LogP contribution >= 0.6 is 0 Å². The van der Waals surface area contributed by atoms with Crippen molar-refractivity contribution in [1.29, 1.82) is 0 Å². The number of nitro benzene ring substituents is 1. The number of carbonyl (C=O) groups is 2. The molecule has 2 amide bonds. The van der Waals surface area contributed by atoms with Gasteiger partial charge >= 0.3 is 0 Å². The molecule has 202 valence electrons. The fourth-order valence-corrected chi connectivity index (χ4v) is 4.82. The number of benzene rings is 2. The van der Waals surface area contributed by atoms with E-state index in [4.69, 9.17) is 0 Å². The normalized spacial score (nSPS) is 12.2. The van der Waals surface area contributed by atoms with Crippen LogP contribution in [0.25, 0.3) is 0 Å². The van der Waals surface area contributed by atoms with Crippen LogP contribution in [0.1, 0.15) is 43.9 Å². The van der Waals surface area contributed by atoms with E-state index in [9.17, 15) is 28.1 Å². The molecule has 1 N–H and O–H groups in total. The number of anilines is 1. The van der Waals surface area contributed by atoms with Crippen molar-refractivity contribution in [3.05, 3.63) is 69.3 Å². The Balaban J connectivity index is 2.51. The standard InChI is InChI=1S/C26H36N4O6S/c1-7-23(26(32)27-15-18(2)3)28(16-21-10-8-9-19(4)13-21)25(31)17-29(37(6,35)36)24-14-22(30(33)34)12-11-20(24)5/h8-14,18,23H,7,15-17H2,1-6H3,(H,27,32)/t23-/m0/s1. The van der Waals surface area contributed by atoms with Crippen molar-refractivity contribution >= 4 is 33.2 Å². The second kappa shape index (κ2) is 12.7. The van der Waals surface area contributed by atoms with E-state index in [0.29, 0.717) is 18.5 Å². The van der Waals surface area contributed by atoms with E-state index in [0.717, 1.165) is 27.8 Å². The van der Waals surface area contributed by atoms with Crippen LogP contribution in [0.5, 0.6) is 0 Å². The van der Waals surface area contributed by atoms with Gasteiger partial charge in [-0.1, -0.05) is 56.7 Å². The first kappa shape index (κ1) is 29.8. The van der Waals surface area contributed by atoms with Crippen molar-refractivity contribution in [3.63, 3.8) is 0 Å². The van der Waals surface area contributed by atoms with Crippen LogP contribution in [-0.2, 0) is 26.2 Å². The predicted molar refractivity (Wildman–Crippen MR) is 144 cm³/mol.